The third-order valence-corrected chi connectivity index (χ3v) is 8.28. The van der Waals surface area contributed by atoms with Gasteiger partial charge in [-0.1, -0.05) is 30.3 Å². The van der Waals surface area contributed by atoms with Gasteiger partial charge in [0.15, 0.2) is 5.82 Å². The number of halogens is 4. The van der Waals surface area contributed by atoms with Gasteiger partial charge in [0.1, 0.15) is 5.82 Å². The number of carbonyl (C=O) groups excluding carboxylic acids is 1. The van der Waals surface area contributed by atoms with Gasteiger partial charge in [-0.05, 0) is 56.0 Å². The van der Waals surface area contributed by atoms with Crippen molar-refractivity contribution >= 4 is 17.5 Å². The predicted octanol–water partition coefficient (Wildman–Crippen LogP) is 5.32. The van der Waals surface area contributed by atoms with Crippen LogP contribution in [0.1, 0.15) is 41.5 Å². The van der Waals surface area contributed by atoms with E-state index in [9.17, 15) is 22.4 Å². The Morgan fingerprint density at radius 3 is 2.48 bits per heavy atom. The number of amides is 2. The Bertz CT molecular complexity index is 1370. The fourth-order valence-electron chi connectivity index (χ4n) is 6.07. The lowest BCUT2D eigenvalue weighted by Gasteiger charge is -2.43. The first-order valence-electron chi connectivity index (χ1n) is 13.7. The summed E-state index contributed by atoms with van der Waals surface area (Å²) in [5, 5.41) is 8.00. The van der Waals surface area contributed by atoms with Gasteiger partial charge in [0.2, 0.25) is 0 Å². The first-order chi connectivity index (χ1) is 19.2. The van der Waals surface area contributed by atoms with Crippen LogP contribution >= 0.6 is 0 Å². The summed E-state index contributed by atoms with van der Waals surface area (Å²) in [5.41, 5.74) is 1.53. The van der Waals surface area contributed by atoms with Gasteiger partial charge in [0.05, 0.1) is 30.9 Å². The molecule has 0 radical (unpaired) electrons. The normalized spacial score (nSPS) is 20.1. The van der Waals surface area contributed by atoms with Gasteiger partial charge >= 0.3 is 12.2 Å². The zero-order valence-corrected chi connectivity index (χ0v) is 22.3. The zero-order chi connectivity index (χ0) is 28.0. The lowest BCUT2D eigenvalue weighted by molar-refractivity contribution is -0.138. The molecule has 0 bridgehead atoms. The number of hydrogen-bond acceptors (Lipinski definition) is 4. The van der Waals surface area contributed by atoms with E-state index in [1.165, 1.54) is 23.1 Å². The van der Waals surface area contributed by atoms with E-state index >= 15 is 0 Å². The number of anilines is 2. The second-order valence-corrected chi connectivity index (χ2v) is 10.9. The van der Waals surface area contributed by atoms with Crippen molar-refractivity contribution < 1.29 is 22.4 Å². The Morgan fingerprint density at radius 2 is 1.80 bits per heavy atom. The molecule has 2 amide bonds. The number of nitrogens with zero attached hydrogens (tertiary/aromatic N) is 5. The number of alkyl halides is 3. The van der Waals surface area contributed by atoms with Gasteiger partial charge < -0.3 is 15.1 Å². The van der Waals surface area contributed by atoms with Crippen molar-refractivity contribution in [3.05, 3.63) is 76.7 Å². The first-order valence-corrected chi connectivity index (χ1v) is 13.7. The van der Waals surface area contributed by atoms with E-state index < -0.39 is 11.7 Å². The highest BCUT2D eigenvalue weighted by molar-refractivity contribution is 5.94. The number of aromatic nitrogens is 2. The molecule has 6 rings (SSSR count). The third-order valence-electron chi connectivity index (χ3n) is 8.28. The molecule has 3 aliphatic rings. The minimum atomic E-state index is -4.54. The molecule has 40 heavy (non-hydrogen) atoms. The molecule has 11 heteroatoms. The summed E-state index contributed by atoms with van der Waals surface area (Å²) < 4.78 is 57.9. The van der Waals surface area contributed by atoms with Crippen LogP contribution in [0.15, 0.2) is 48.7 Å². The van der Waals surface area contributed by atoms with Gasteiger partial charge in [0, 0.05) is 36.9 Å². The fourth-order valence-corrected chi connectivity index (χ4v) is 6.07. The Kier molecular flexibility index (Phi) is 6.93. The highest BCUT2D eigenvalue weighted by atomic mass is 19.4. The molecule has 0 spiro atoms. The average molecular weight is 557 g/mol. The van der Waals surface area contributed by atoms with E-state index in [4.69, 9.17) is 0 Å². The maximum absolute atomic E-state index is 14.6. The van der Waals surface area contributed by atoms with Crippen LogP contribution in [0, 0.1) is 12.7 Å². The molecular weight excluding hydrogens is 524 g/mol. The van der Waals surface area contributed by atoms with Crippen LogP contribution in [-0.4, -0.2) is 52.4 Å². The summed E-state index contributed by atoms with van der Waals surface area (Å²) in [6, 6.07) is 10.2. The Hall–Kier alpha value is -3.60. The molecular formula is C29H32F4N6O. The van der Waals surface area contributed by atoms with Crippen molar-refractivity contribution in [1.82, 2.24) is 20.0 Å². The molecule has 0 aliphatic carbocycles. The van der Waals surface area contributed by atoms with Gasteiger partial charge in [-0.3, -0.25) is 9.58 Å². The summed E-state index contributed by atoms with van der Waals surface area (Å²) in [6.07, 6.45) is -0.345. The van der Waals surface area contributed by atoms with Crippen molar-refractivity contribution in [1.29, 1.82) is 0 Å². The van der Waals surface area contributed by atoms with Gasteiger partial charge in [-0.15, -0.1) is 0 Å². The third kappa shape index (κ3) is 5.02. The number of nitrogens with one attached hydrogen (secondary N) is 1. The smallest absolute Gasteiger partial charge is 0.369 e. The second-order valence-electron chi connectivity index (χ2n) is 10.9. The monoisotopic (exact) mass is 556 g/mol. The molecule has 2 fully saturated rings. The summed E-state index contributed by atoms with van der Waals surface area (Å²) in [5.74, 6) is 0.150. The maximum atomic E-state index is 14.6. The molecule has 2 saturated heterocycles. The molecule has 1 aromatic heterocycles. The van der Waals surface area contributed by atoms with E-state index in [1.54, 1.807) is 21.7 Å². The van der Waals surface area contributed by atoms with E-state index in [2.05, 4.69) is 10.4 Å². The number of aryl methyl sites for hydroxylation is 1. The molecule has 4 heterocycles. The van der Waals surface area contributed by atoms with Crippen LogP contribution in [0.25, 0.3) is 0 Å². The van der Waals surface area contributed by atoms with Crippen LogP contribution in [0.5, 0.6) is 0 Å². The van der Waals surface area contributed by atoms with E-state index in [1.807, 2.05) is 24.1 Å². The van der Waals surface area contributed by atoms with Crippen LogP contribution in [0.3, 0.4) is 0 Å². The SMILES string of the molecule is Cc1cccc(F)c1N1CCC(N2Cc3cn(C[C@@H]4CCN4)nc3N(Cc3ccccc3C(F)(F)F)C2=O)CC1. The summed E-state index contributed by atoms with van der Waals surface area (Å²) in [4.78, 5) is 19.1. The summed E-state index contributed by atoms with van der Waals surface area (Å²) >= 11 is 0. The predicted molar refractivity (Wildman–Crippen MR) is 144 cm³/mol. The molecule has 0 unspecified atom stereocenters. The number of para-hydroxylation sites is 1. The number of fused-ring (bicyclic) bond motifs is 1. The number of hydrogen-bond donors (Lipinski definition) is 1. The van der Waals surface area contributed by atoms with Crippen LogP contribution < -0.4 is 15.1 Å². The number of carbonyl (C=O) groups is 1. The minimum Gasteiger partial charge on any atom is -0.369 e. The van der Waals surface area contributed by atoms with Crippen molar-refractivity contribution in [2.24, 2.45) is 0 Å². The van der Waals surface area contributed by atoms with Crippen molar-refractivity contribution in [3.8, 4) is 0 Å². The number of urea groups is 1. The van der Waals surface area contributed by atoms with Crippen LogP contribution in [-0.2, 0) is 25.8 Å². The van der Waals surface area contributed by atoms with Gasteiger partial charge in [-0.2, -0.15) is 18.3 Å². The molecule has 1 atom stereocenters. The average Bonchev–Trinajstić information content (AvgIpc) is 3.30. The highest BCUT2D eigenvalue weighted by Gasteiger charge is 2.40. The maximum Gasteiger partial charge on any atom is 0.416 e. The number of benzene rings is 2. The standard InChI is InChI=1S/C29H32F4N6O/c1-19-5-4-8-25(30)26(19)36-13-10-23(11-14-36)38-17-21-15-37(18-22-9-12-34-22)35-27(21)39(28(38)40)16-20-6-2-3-7-24(20)29(31,32)33/h2-8,15,22-23,34H,9-14,16-18H2,1H3/t22-/m0/s1. The van der Waals surface area contributed by atoms with Gasteiger partial charge in [-0.25, -0.2) is 9.18 Å². The Morgan fingerprint density at radius 1 is 1.05 bits per heavy atom. The Labute approximate surface area is 230 Å². The molecule has 2 aromatic carbocycles. The van der Waals surface area contributed by atoms with Crippen LogP contribution in [0.4, 0.5) is 33.9 Å². The minimum absolute atomic E-state index is 0.0243. The molecule has 3 aliphatic heterocycles. The molecule has 7 nitrogen and oxygen atoms in total. The lowest BCUT2D eigenvalue weighted by Crippen LogP contribution is -2.54. The van der Waals surface area contributed by atoms with Crippen molar-refractivity contribution in [3.63, 3.8) is 0 Å². The number of piperidine rings is 1. The largest absolute Gasteiger partial charge is 0.416 e. The van der Waals surface area contributed by atoms with Gasteiger partial charge in [0.25, 0.3) is 0 Å². The van der Waals surface area contributed by atoms with Crippen molar-refractivity contribution in [2.45, 2.75) is 64.1 Å². The zero-order valence-electron chi connectivity index (χ0n) is 22.3. The number of rotatable bonds is 6. The fraction of sp³-hybridized carbons (Fsp3) is 0.448. The van der Waals surface area contributed by atoms with E-state index in [0.29, 0.717) is 56.6 Å². The summed E-state index contributed by atoms with van der Waals surface area (Å²) in [6.45, 7) is 4.72. The van der Waals surface area contributed by atoms with Crippen molar-refractivity contribution in [2.75, 3.05) is 29.4 Å². The highest BCUT2D eigenvalue weighted by Crippen LogP contribution is 2.37. The molecule has 1 N–H and O–H groups in total. The lowest BCUT2D eigenvalue weighted by atomic mass is 10.00. The van der Waals surface area contributed by atoms with Crippen LogP contribution in [0.2, 0.25) is 0 Å². The molecule has 0 saturated carbocycles. The molecule has 212 valence electrons. The molecule has 3 aromatic rings. The first kappa shape index (κ1) is 26.6. The second kappa shape index (κ2) is 10.4. The van der Waals surface area contributed by atoms with E-state index in [-0.39, 0.29) is 30.0 Å². The topological polar surface area (TPSA) is 56.6 Å². The Balaban J connectivity index is 1.27. The van der Waals surface area contributed by atoms with E-state index in [0.717, 1.165) is 30.2 Å². The summed E-state index contributed by atoms with van der Waals surface area (Å²) in [7, 11) is 0. The quantitative estimate of drug-likeness (QED) is 0.418.